The molecule has 0 aliphatic carbocycles. The van der Waals surface area contributed by atoms with Crippen LogP contribution in [0.15, 0.2) is 12.3 Å². The molecule has 1 aromatic heterocycles. The van der Waals surface area contributed by atoms with Crippen molar-refractivity contribution in [3.8, 4) is 5.88 Å². The highest BCUT2D eigenvalue weighted by Crippen LogP contribution is 2.33. The first-order valence-electron chi connectivity index (χ1n) is 5.70. The smallest absolute Gasteiger partial charge is 0.250 e. The fourth-order valence-corrected chi connectivity index (χ4v) is 2.29. The highest BCUT2D eigenvalue weighted by molar-refractivity contribution is 5.27. The second-order valence-corrected chi connectivity index (χ2v) is 4.28. The Morgan fingerprint density at radius 2 is 2.41 bits per heavy atom. The first-order valence-corrected chi connectivity index (χ1v) is 5.70. The molecule has 1 saturated heterocycles. The number of aromatic nitrogens is 1. The molecule has 0 spiro atoms. The van der Waals surface area contributed by atoms with E-state index in [4.69, 9.17) is 15.2 Å². The first kappa shape index (κ1) is 12.3. The van der Waals surface area contributed by atoms with Crippen LogP contribution in [0.1, 0.15) is 24.9 Å². The van der Waals surface area contributed by atoms with E-state index in [0.29, 0.717) is 12.2 Å². The van der Waals surface area contributed by atoms with Crippen molar-refractivity contribution < 1.29 is 13.9 Å². The lowest BCUT2D eigenvalue weighted by Crippen LogP contribution is -2.27. The number of nitrogens with two attached hydrogens (primary N) is 1. The molecule has 0 amide bonds. The van der Waals surface area contributed by atoms with Crippen LogP contribution in [-0.4, -0.2) is 24.8 Å². The van der Waals surface area contributed by atoms with Crippen molar-refractivity contribution in [2.45, 2.75) is 25.5 Å². The lowest BCUT2D eigenvalue weighted by molar-refractivity contribution is 0.0991. The van der Waals surface area contributed by atoms with Gasteiger partial charge in [0.15, 0.2) is 5.82 Å². The number of hydrogen-bond acceptors (Lipinski definition) is 4. The quantitative estimate of drug-likeness (QED) is 0.872. The molecule has 94 valence electrons. The molecule has 2 rings (SSSR count). The maximum absolute atomic E-state index is 14.0. The van der Waals surface area contributed by atoms with Crippen molar-refractivity contribution in [3.05, 3.63) is 23.6 Å². The minimum absolute atomic E-state index is 0.00971. The summed E-state index contributed by atoms with van der Waals surface area (Å²) in [6.45, 7) is 2.65. The molecule has 1 aliphatic rings. The van der Waals surface area contributed by atoms with Crippen molar-refractivity contribution in [2.24, 2.45) is 11.7 Å². The van der Waals surface area contributed by atoms with E-state index >= 15 is 0 Å². The third kappa shape index (κ3) is 2.25. The van der Waals surface area contributed by atoms with Gasteiger partial charge in [0.05, 0.1) is 13.2 Å². The van der Waals surface area contributed by atoms with E-state index in [1.165, 1.54) is 13.3 Å². The minimum Gasteiger partial charge on any atom is -0.479 e. The summed E-state index contributed by atoms with van der Waals surface area (Å²) in [5.41, 5.74) is 6.56. The molecule has 0 bridgehead atoms. The highest BCUT2D eigenvalue weighted by atomic mass is 19.1. The summed E-state index contributed by atoms with van der Waals surface area (Å²) in [5.74, 6) is -0.345. The Kier molecular flexibility index (Phi) is 3.59. The Labute approximate surface area is 99.9 Å². The molecule has 1 aliphatic heterocycles. The summed E-state index contributed by atoms with van der Waals surface area (Å²) in [6.07, 6.45) is 2.42. The van der Waals surface area contributed by atoms with E-state index in [1.807, 2.05) is 6.92 Å². The molecule has 0 aromatic carbocycles. The molecule has 5 heteroatoms. The monoisotopic (exact) mass is 240 g/mol. The van der Waals surface area contributed by atoms with Crippen molar-refractivity contribution in [2.75, 3.05) is 13.7 Å². The molecule has 3 unspecified atom stereocenters. The number of nitrogens with zero attached hydrogens (tertiary/aromatic N) is 1. The van der Waals surface area contributed by atoms with E-state index in [9.17, 15) is 4.39 Å². The Morgan fingerprint density at radius 3 is 3.00 bits per heavy atom. The van der Waals surface area contributed by atoms with Crippen LogP contribution >= 0.6 is 0 Å². The maximum atomic E-state index is 14.0. The molecule has 17 heavy (non-hydrogen) atoms. The molecule has 1 fully saturated rings. The fraction of sp³-hybridized carbons (Fsp3) is 0.583. The predicted octanol–water partition coefficient (Wildman–Crippen LogP) is 1.65. The van der Waals surface area contributed by atoms with Crippen LogP contribution in [0, 0.1) is 11.7 Å². The van der Waals surface area contributed by atoms with Gasteiger partial charge in [-0.1, -0.05) is 0 Å². The summed E-state index contributed by atoms with van der Waals surface area (Å²) in [5, 5.41) is 0. The van der Waals surface area contributed by atoms with Crippen molar-refractivity contribution in [3.63, 3.8) is 0 Å². The topological polar surface area (TPSA) is 57.4 Å². The van der Waals surface area contributed by atoms with Gasteiger partial charge in [-0.2, -0.15) is 0 Å². The second-order valence-electron chi connectivity index (χ2n) is 4.28. The molecule has 4 nitrogen and oxygen atoms in total. The SMILES string of the molecule is COc1nccc(C(N)C2CCOC2C)c1F. The molecular formula is C12H17FN2O2. The normalized spacial score (nSPS) is 25.9. The second kappa shape index (κ2) is 4.98. The van der Waals surface area contributed by atoms with Crippen molar-refractivity contribution in [1.29, 1.82) is 0 Å². The third-order valence-electron chi connectivity index (χ3n) is 3.34. The van der Waals surface area contributed by atoms with Crippen LogP contribution in [0.5, 0.6) is 5.88 Å². The van der Waals surface area contributed by atoms with Gasteiger partial charge < -0.3 is 15.2 Å². The molecule has 2 heterocycles. The van der Waals surface area contributed by atoms with Crippen LogP contribution < -0.4 is 10.5 Å². The summed E-state index contributed by atoms with van der Waals surface area (Å²) in [4.78, 5) is 3.80. The van der Waals surface area contributed by atoms with Gasteiger partial charge in [-0.15, -0.1) is 0 Å². The number of halogens is 1. The van der Waals surface area contributed by atoms with Gasteiger partial charge in [-0.3, -0.25) is 0 Å². The van der Waals surface area contributed by atoms with E-state index in [0.717, 1.165) is 6.42 Å². The fourth-order valence-electron chi connectivity index (χ4n) is 2.29. The molecule has 0 saturated carbocycles. The van der Waals surface area contributed by atoms with Gasteiger partial charge in [-0.05, 0) is 19.4 Å². The Bertz CT molecular complexity index is 400. The molecule has 1 aromatic rings. The van der Waals surface area contributed by atoms with Crippen LogP contribution in [0.2, 0.25) is 0 Å². The number of pyridine rings is 1. The highest BCUT2D eigenvalue weighted by Gasteiger charge is 2.32. The van der Waals surface area contributed by atoms with Gasteiger partial charge in [0.1, 0.15) is 0 Å². The third-order valence-corrected chi connectivity index (χ3v) is 3.34. The summed E-state index contributed by atoms with van der Waals surface area (Å²) < 4.78 is 24.3. The maximum Gasteiger partial charge on any atom is 0.250 e. The van der Waals surface area contributed by atoms with Crippen molar-refractivity contribution >= 4 is 0 Å². The number of methoxy groups -OCH3 is 1. The number of ether oxygens (including phenoxy) is 2. The number of rotatable bonds is 3. The van der Waals surface area contributed by atoms with E-state index in [2.05, 4.69) is 4.98 Å². The molecule has 2 N–H and O–H groups in total. The molecule has 0 radical (unpaired) electrons. The standard InChI is InChI=1S/C12H17FN2O2/c1-7-8(4-6-17-7)11(14)9-3-5-15-12(16-2)10(9)13/h3,5,7-8,11H,4,6,14H2,1-2H3. The first-order chi connectivity index (χ1) is 8.15. The Balaban J connectivity index is 2.27. The predicted molar refractivity (Wildman–Crippen MR) is 61.2 cm³/mol. The lowest BCUT2D eigenvalue weighted by Gasteiger charge is -2.22. The van der Waals surface area contributed by atoms with Crippen LogP contribution in [0.3, 0.4) is 0 Å². The lowest BCUT2D eigenvalue weighted by atomic mass is 9.89. The summed E-state index contributed by atoms with van der Waals surface area (Å²) in [6, 6.07) is 1.22. The largest absolute Gasteiger partial charge is 0.479 e. The van der Waals surface area contributed by atoms with Gasteiger partial charge in [-0.25, -0.2) is 9.37 Å². The van der Waals surface area contributed by atoms with E-state index in [-0.39, 0.29) is 23.9 Å². The van der Waals surface area contributed by atoms with Crippen LogP contribution in [0.25, 0.3) is 0 Å². The van der Waals surface area contributed by atoms with E-state index in [1.54, 1.807) is 6.07 Å². The van der Waals surface area contributed by atoms with Crippen LogP contribution in [0.4, 0.5) is 4.39 Å². The van der Waals surface area contributed by atoms with Gasteiger partial charge in [0.25, 0.3) is 0 Å². The van der Waals surface area contributed by atoms with Gasteiger partial charge >= 0.3 is 0 Å². The van der Waals surface area contributed by atoms with E-state index < -0.39 is 5.82 Å². The average molecular weight is 240 g/mol. The summed E-state index contributed by atoms with van der Waals surface area (Å²) in [7, 11) is 1.39. The zero-order valence-electron chi connectivity index (χ0n) is 10.0. The van der Waals surface area contributed by atoms with Gasteiger partial charge in [0, 0.05) is 30.3 Å². The van der Waals surface area contributed by atoms with Crippen molar-refractivity contribution in [1.82, 2.24) is 4.98 Å². The molecule has 3 atom stereocenters. The van der Waals surface area contributed by atoms with Gasteiger partial charge in [0.2, 0.25) is 5.88 Å². The Hall–Kier alpha value is -1.20. The zero-order valence-corrected chi connectivity index (χ0v) is 10.0. The summed E-state index contributed by atoms with van der Waals surface area (Å²) >= 11 is 0. The minimum atomic E-state index is -0.471. The average Bonchev–Trinajstić information content (AvgIpc) is 2.75. The van der Waals surface area contributed by atoms with Crippen LogP contribution in [-0.2, 0) is 4.74 Å². The number of hydrogen-bond donors (Lipinski definition) is 1. The Morgan fingerprint density at radius 1 is 1.65 bits per heavy atom. The zero-order chi connectivity index (χ0) is 12.4. The molecular weight excluding hydrogens is 223 g/mol.